The van der Waals surface area contributed by atoms with Crippen LogP contribution in [0.4, 0.5) is 0 Å². The van der Waals surface area contributed by atoms with Crippen LogP contribution in [-0.4, -0.2) is 46.9 Å². The van der Waals surface area contributed by atoms with E-state index in [1.807, 2.05) is 55.3 Å². The van der Waals surface area contributed by atoms with Crippen molar-refractivity contribution in [2.24, 2.45) is 11.8 Å². The van der Waals surface area contributed by atoms with Crippen LogP contribution in [0.15, 0.2) is 29.6 Å². The minimum absolute atomic E-state index is 0.0252. The molecule has 6 nitrogen and oxygen atoms in total. The van der Waals surface area contributed by atoms with Crippen molar-refractivity contribution in [1.29, 1.82) is 0 Å². The Labute approximate surface area is 189 Å². The summed E-state index contributed by atoms with van der Waals surface area (Å²) in [5.74, 6) is 1.25. The first-order valence-corrected chi connectivity index (χ1v) is 11.9. The quantitative estimate of drug-likeness (QED) is 0.678. The Morgan fingerprint density at radius 3 is 2.32 bits per heavy atom. The van der Waals surface area contributed by atoms with Crippen LogP contribution >= 0.6 is 11.3 Å². The Hall–Kier alpha value is -2.41. The number of hydrogen-bond acceptors (Lipinski definition) is 5. The number of carbonyl (C=O) groups excluding carboxylic acids is 2. The molecule has 1 saturated heterocycles. The molecule has 3 rings (SSSR count). The normalized spacial score (nSPS) is 15.9. The second-order valence-corrected chi connectivity index (χ2v) is 9.69. The highest BCUT2D eigenvalue weighted by atomic mass is 32.1. The minimum atomic E-state index is -0.0586. The number of likely N-dealkylation sites (tertiary alicyclic amines) is 1. The largest absolute Gasteiger partial charge is 0.491 e. The maximum Gasteiger partial charge on any atom is 0.273 e. The van der Waals surface area contributed by atoms with E-state index in [-0.39, 0.29) is 29.9 Å². The van der Waals surface area contributed by atoms with Crippen molar-refractivity contribution >= 4 is 23.2 Å². The summed E-state index contributed by atoms with van der Waals surface area (Å²) in [6.07, 6.45) is 1.51. The lowest BCUT2D eigenvalue weighted by Crippen LogP contribution is -2.45. The number of rotatable bonds is 7. The van der Waals surface area contributed by atoms with Gasteiger partial charge >= 0.3 is 0 Å². The molecule has 7 heteroatoms. The molecule has 2 aromatic rings. The Bertz CT molecular complexity index is 884. The smallest absolute Gasteiger partial charge is 0.273 e. The zero-order valence-electron chi connectivity index (χ0n) is 19.1. The van der Waals surface area contributed by atoms with Gasteiger partial charge in [-0.15, -0.1) is 11.3 Å². The summed E-state index contributed by atoms with van der Waals surface area (Å²) in [7, 11) is 0. The summed E-state index contributed by atoms with van der Waals surface area (Å²) in [6.45, 7) is 11.4. The van der Waals surface area contributed by atoms with Crippen molar-refractivity contribution < 1.29 is 14.3 Å². The van der Waals surface area contributed by atoms with Gasteiger partial charge in [-0.3, -0.25) is 9.59 Å². The summed E-state index contributed by atoms with van der Waals surface area (Å²) >= 11 is 1.47. The number of carbonyl (C=O) groups is 2. The molecule has 31 heavy (non-hydrogen) atoms. The van der Waals surface area contributed by atoms with E-state index in [9.17, 15) is 9.59 Å². The second-order valence-electron chi connectivity index (χ2n) is 8.84. The van der Waals surface area contributed by atoms with Crippen molar-refractivity contribution in [2.45, 2.75) is 59.6 Å². The van der Waals surface area contributed by atoms with Gasteiger partial charge in [-0.1, -0.05) is 13.8 Å². The molecular formula is C24H33N3O3S. The van der Waals surface area contributed by atoms with Crippen molar-refractivity contribution in [1.82, 2.24) is 15.2 Å². The molecule has 2 heterocycles. The Kier molecular flexibility index (Phi) is 7.70. The van der Waals surface area contributed by atoms with Crippen molar-refractivity contribution in [2.75, 3.05) is 13.1 Å². The van der Waals surface area contributed by atoms with Gasteiger partial charge in [0.25, 0.3) is 5.91 Å². The number of aromatic nitrogens is 1. The molecule has 1 atom stereocenters. The van der Waals surface area contributed by atoms with E-state index in [0.29, 0.717) is 37.5 Å². The molecule has 0 spiro atoms. The molecule has 1 aromatic heterocycles. The highest BCUT2D eigenvalue weighted by Gasteiger charge is 2.29. The molecule has 1 aliphatic rings. The maximum absolute atomic E-state index is 12.9. The third kappa shape index (κ3) is 6.06. The van der Waals surface area contributed by atoms with E-state index in [1.54, 1.807) is 0 Å². The number of piperidine rings is 1. The lowest BCUT2D eigenvalue weighted by Gasteiger charge is -2.32. The standard InChI is InChI=1S/C24H33N3O3S/c1-15(2)17(5)25-22(28)18-10-12-27(13-11-18)24(29)21-14-31-23(26-21)19-6-8-20(9-7-19)30-16(3)4/h6-9,14-18H,10-13H2,1-5H3,(H,25,28). The Balaban J connectivity index is 1.56. The second kappa shape index (κ2) is 10.3. The van der Waals surface area contributed by atoms with Gasteiger partial charge in [0.15, 0.2) is 0 Å². The maximum atomic E-state index is 12.9. The molecule has 1 fully saturated rings. The number of thiazole rings is 1. The first-order chi connectivity index (χ1) is 14.7. The molecular weight excluding hydrogens is 410 g/mol. The van der Waals surface area contributed by atoms with Crippen LogP contribution in [0, 0.1) is 11.8 Å². The fourth-order valence-corrected chi connectivity index (χ4v) is 4.27. The van der Waals surface area contributed by atoms with Crippen molar-refractivity contribution in [3.63, 3.8) is 0 Å². The van der Waals surface area contributed by atoms with E-state index in [0.717, 1.165) is 16.3 Å². The molecule has 1 aliphatic heterocycles. The molecule has 0 aliphatic carbocycles. The number of benzene rings is 1. The van der Waals surface area contributed by atoms with Crippen molar-refractivity contribution in [3.8, 4) is 16.3 Å². The molecule has 0 radical (unpaired) electrons. The van der Waals surface area contributed by atoms with Crippen LogP contribution in [0.3, 0.4) is 0 Å². The fraction of sp³-hybridized carbons (Fsp3) is 0.542. The van der Waals surface area contributed by atoms with E-state index < -0.39 is 0 Å². The zero-order valence-corrected chi connectivity index (χ0v) is 19.9. The van der Waals surface area contributed by atoms with Gasteiger partial charge in [0.05, 0.1) is 6.10 Å². The van der Waals surface area contributed by atoms with Gasteiger partial charge in [0.1, 0.15) is 16.5 Å². The first kappa shape index (κ1) is 23.3. The molecule has 1 aromatic carbocycles. The number of hydrogen-bond donors (Lipinski definition) is 1. The van der Waals surface area contributed by atoms with Crippen LogP contribution in [0.1, 0.15) is 57.9 Å². The Morgan fingerprint density at radius 1 is 1.10 bits per heavy atom. The fourth-order valence-electron chi connectivity index (χ4n) is 3.47. The van der Waals surface area contributed by atoms with Gasteiger partial charge < -0.3 is 15.0 Å². The first-order valence-electron chi connectivity index (χ1n) is 11.1. The highest BCUT2D eigenvalue weighted by molar-refractivity contribution is 7.13. The average Bonchev–Trinajstić information content (AvgIpc) is 3.23. The summed E-state index contributed by atoms with van der Waals surface area (Å²) in [4.78, 5) is 31.8. The summed E-state index contributed by atoms with van der Waals surface area (Å²) in [5, 5.41) is 5.73. The molecule has 1 unspecified atom stereocenters. The van der Waals surface area contributed by atoms with Crippen LogP contribution in [0.5, 0.6) is 5.75 Å². The van der Waals surface area contributed by atoms with E-state index in [1.165, 1.54) is 11.3 Å². The number of amides is 2. The minimum Gasteiger partial charge on any atom is -0.491 e. The third-order valence-corrected chi connectivity index (χ3v) is 6.61. The van der Waals surface area contributed by atoms with E-state index in [4.69, 9.17) is 4.74 Å². The number of nitrogens with one attached hydrogen (secondary N) is 1. The zero-order chi connectivity index (χ0) is 22.5. The molecule has 168 valence electrons. The van der Waals surface area contributed by atoms with Gasteiger partial charge in [0.2, 0.25) is 5.91 Å². The van der Waals surface area contributed by atoms with Gasteiger partial charge in [-0.2, -0.15) is 0 Å². The van der Waals surface area contributed by atoms with Crippen LogP contribution < -0.4 is 10.1 Å². The molecule has 1 N–H and O–H groups in total. The number of nitrogens with zero attached hydrogens (tertiary/aromatic N) is 2. The summed E-state index contributed by atoms with van der Waals surface area (Å²) < 4.78 is 5.68. The highest BCUT2D eigenvalue weighted by Crippen LogP contribution is 2.27. The van der Waals surface area contributed by atoms with Gasteiger partial charge in [0, 0.05) is 36.0 Å². The monoisotopic (exact) mass is 443 g/mol. The average molecular weight is 444 g/mol. The van der Waals surface area contributed by atoms with Crippen molar-refractivity contribution in [3.05, 3.63) is 35.3 Å². The van der Waals surface area contributed by atoms with Crippen LogP contribution in [0.25, 0.3) is 10.6 Å². The van der Waals surface area contributed by atoms with E-state index >= 15 is 0 Å². The Morgan fingerprint density at radius 2 is 1.74 bits per heavy atom. The predicted octanol–water partition coefficient (Wildman–Crippen LogP) is 4.61. The third-order valence-electron chi connectivity index (χ3n) is 5.72. The number of ether oxygens (including phenoxy) is 1. The molecule has 0 bridgehead atoms. The topological polar surface area (TPSA) is 71.5 Å². The van der Waals surface area contributed by atoms with Crippen LogP contribution in [0.2, 0.25) is 0 Å². The predicted molar refractivity (Wildman–Crippen MR) is 124 cm³/mol. The molecule has 0 saturated carbocycles. The van der Waals surface area contributed by atoms with Gasteiger partial charge in [-0.05, 0) is 63.8 Å². The lowest BCUT2D eigenvalue weighted by atomic mass is 9.94. The van der Waals surface area contributed by atoms with Crippen LogP contribution in [-0.2, 0) is 4.79 Å². The lowest BCUT2D eigenvalue weighted by molar-refractivity contribution is -0.127. The van der Waals surface area contributed by atoms with Gasteiger partial charge in [-0.25, -0.2) is 4.98 Å². The van der Waals surface area contributed by atoms with E-state index in [2.05, 4.69) is 24.1 Å². The molecule has 2 amide bonds. The summed E-state index contributed by atoms with van der Waals surface area (Å²) in [5.41, 5.74) is 1.44. The SMILES string of the molecule is CC(C)Oc1ccc(-c2nc(C(=O)N3CCC(C(=O)NC(C)C(C)C)CC3)cs2)cc1. The summed E-state index contributed by atoms with van der Waals surface area (Å²) in [6, 6.07) is 7.94.